The molecule has 5 heteroatoms. The van der Waals surface area contributed by atoms with Gasteiger partial charge in [-0.25, -0.2) is 4.98 Å². The van der Waals surface area contributed by atoms with Crippen LogP contribution in [0.1, 0.15) is 40.1 Å². The zero-order chi connectivity index (χ0) is 19.0. The molecule has 0 radical (unpaired) electrons. The van der Waals surface area contributed by atoms with Crippen LogP contribution in [0.3, 0.4) is 0 Å². The molecular weight excluding hydrogens is 336 g/mol. The van der Waals surface area contributed by atoms with Crippen molar-refractivity contribution in [3.05, 3.63) is 83.6 Å². The Hall–Kier alpha value is -3.34. The van der Waals surface area contributed by atoms with Crippen LogP contribution in [0.4, 0.5) is 0 Å². The van der Waals surface area contributed by atoms with E-state index in [9.17, 15) is 4.79 Å². The van der Waals surface area contributed by atoms with E-state index >= 15 is 0 Å². The fourth-order valence-electron chi connectivity index (χ4n) is 3.31. The normalized spacial score (nSPS) is 12.3. The summed E-state index contributed by atoms with van der Waals surface area (Å²) in [6.45, 7) is 6.11. The van der Waals surface area contributed by atoms with E-state index in [0.29, 0.717) is 5.56 Å². The molecule has 4 aromatic rings. The van der Waals surface area contributed by atoms with Crippen LogP contribution in [0.5, 0.6) is 0 Å². The molecule has 2 aromatic heterocycles. The third-order valence-electron chi connectivity index (χ3n) is 5.11. The van der Waals surface area contributed by atoms with E-state index in [4.69, 9.17) is 0 Å². The molecule has 0 saturated carbocycles. The maximum atomic E-state index is 12.7. The Labute approximate surface area is 158 Å². The van der Waals surface area contributed by atoms with Gasteiger partial charge in [0.25, 0.3) is 5.91 Å². The number of hydrogen-bond acceptors (Lipinski definition) is 2. The van der Waals surface area contributed by atoms with E-state index in [1.807, 2.05) is 67.1 Å². The van der Waals surface area contributed by atoms with Gasteiger partial charge in [-0.2, -0.15) is 0 Å². The number of fused-ring (bicyclic) bond motifs is 1. The molecule has 136 valence electrons. The third kappa shape index (κ3) is 3.24. The van der Waals surface area contributed by atoms with E-state index in [0.717, 1.165) is 27.8 Å². The van der Waals surface area contributed by atoms with Crippen molar-refractivity contribution in [2.75, 3.05) is 0 Å². The fourth-order valence-corrected chi connectivity index (χ4v) is 3.31. The van der Waals surface area contributed by atoms with Crippen molar-refractivity contribution in [3.63, 3.8) is 0 Å². The highest BCUT2D eigenvalue weighted by molar-refractivity contribution is 5.99. The number of aromatic nitrogens is 3. The molecule has 1 unspecified atom stereocenters. The van der Waals surface area contributed by atoms with Crippen molar-refractivity contribution in [2.45, 2.75) is 26.8 Å². The molecule has 5 nitrogen and oxygen atoms in total. The zero-order valence-electron chi connectivity index (χ0n) is 15.7. The molecule has 27 heavy (non-hydrogen) atoms. The van der Waals surface area contributed by atoms with Crippen molar-refractivity contribution in [1.29, 1.82) is 0 Å². The highest BCUT2D eigenvalue weighted by Crippen LogP contribution is 2.23. The molecule has 0 aliphatic rings. The Bertz CT molecular complexity index is 1090. The Morgan fingerprint density at radius 2 is 1.93 bits per heavy atom. The maximum absolute atomic E-state index is 12.7. The minimum Gasteiger partial charge on any atom is -0.358 e. The summed E-state index contributed by atoms with van der Waals surface area (Å²) in [5.74, 6) is -0.0682. The number of aryl methyl sites for hydroxylation is 2. The lowest BCUT2D eigenvalue weighted by Gasteiger charge is -2.15. The van der Waals surface area contributed by atoms with Crippen LogP contribution >= 0.6 is 0 Å². The zero-order valence-corrected chi connectivity index (χ0v) is 15.7. The molecule has 0 aliphatic heterocycles. The molecule has 2 N–H and O–H groups in total. The molecule has 4 rings (SSSR count). The van der Waals surface area contributed by atoms with Crippen LogP contribution in [0, 0.1) is 13.8 Å². The summed E-state index contributed by atoms with van der Waals surface area (Å²) in [4.78, 5) is 20.1. The molecule has 1 atom stereocenters. The van der Waals surface area contributed by atoms with Gasteiger partial charge in [0, 0.05) is 40.2 Å². The molecule has 2 aromatic carbocycles. The first-order chi connectivity index (χ1) is 13.0. The second kappa shape index (κ2) is 6.76. The first kappa shape index (κ1) is 17.1. The molecule has 0 spiro atoms. The number of nitrogens with zero attached hydrogens (tertiary/aromatic N) is 2. The smallest absolute Gasteiger partial charge is 0.251 e. The van der Waals surface area contributed by atoms with Crippen molar-refractivity contribution >= 4 is 16.8 Å². The van der Waals surface area contributed by atoms with Gasteiger partial charge in [-0.1, -0.05) is 12.1 Å². The van der Waals surface area contributed by atoms with E-state index < -0.39 is 0 Å². The second-order valence-corrected chi connectivity index (χ2v) is 6.89. The van der Waals surface area contributed by atoms with Crippen LogP contribution < -0.4 is 5.32 Å². The molecule has 1 amide bonds. The van der Waals surface area contributed by atoms with Crippen LogP contribution in [-0.4, -0.2) is 20.4 Å². The lowest BCUT2D eigenvalue weighted by molar-refractivity contribution is 0.0940. The van der Waals surface area contributed by atoms with E-state index in [2.05, 4.69) is 22.2 Å². The maximum Gasteiger partial charge on any atom is 0.251 e. The van der Waals surface area contributed by atoms with Crippen LogP contribution in [-0.2, 0) is 0 Å². The van der Waals surface area contributed by atoms with Crippen molar-refractivity contribution in [1.82, 2.24) is 19.9 Å². The summed E-state index contributed by atoms with van der Waals surface area (Å²) >= 11 is 0. The number of carbonyl (C=O) groups is 1. The number of H-pyrrole nitrogens is 1. The van der Waals surface area contributed by atoms with Crippen LogP contribution in [0.2, 0.25) is 0 Å². The standard InChI is InChI=1S/C22H22N4O/c1-14-15(2)24-21-9-6-18(12-20(14)21)22(27)25-16(3)17-4-7-19(8-5-17)26-11-10-23-13-26/h4-13,16,24H,1-3H3,(H,25,27). The largest absolute Gasteiger partial charge is 0.358 e. The summed E-state index contributed by atoms with van der Waals surface area (Å²) in [7, 11) is 0. The molecule has 0 fully saturated rings. The number of hydrogen-bond donors (Lipinski definition) is 2. The van der Waals surface area contributed by atoms with Gasteiger partial charge in [0.15, 0.2) is 0 Å². The van der Waals surface area contributed by atoms with Gasteiger partial charge in [0.1, 0.15) is 0 Å². The molecule has 0 aliphatic carbocycles. The molecule has 0 saturated heterocycles. The Morgan fingerprint density at radius 1 is 1.15 bits per heavy atom. The van der Waals surface area contributed by atoms with Crippen molar-refractivity contribution in [3.8, 4) is 5.69 Å². The van der Waals surface area contributed by atoms with Crippen LogP contribution in [0.15, 0.2) is 61.2 Å². The molecular formula is C22H22N4O. The number of aromatic amines is 1. The minimum atomic E-state index is -0.0842. The Kier molecular flexibility index (Phi) is 4.28. The number of amides is 1. The summed E-state index contributed by atoms with van der Waals surface area (Å²) in [5, 5.41) is 4.18. The Balaban J connectivity index is 1.51. The van der Waals surface area contributed by atoms with Gasteiger partial charge in [-0.15, -0.1) is 0 Å². The summed E-state index contributed by atoms with van der Waals surface area (Å²) in [5.41, 5.74) is 6.15. The number of benzene rings is 2. The fraction of sp³-hybridized carbons (Fsp3) is 0.182. The van der Waals surface area contributed by atoms with Gasteiger partial charge in [0.05, 0.1) is 12.4 Å². The number of nitrogens with one attached hydrogen (secondary N) is 2. The molecule has 2 heterocycles. The number of imidazole rings is 1. The van der Waals surface area contributed by atoms with Crippen LogP contribution in [0.25, 0.3) is 16.6 Å². The van der Waals surface area contributed by atoms with Gasteiger partial charge in [0.2, 0.25) is 0 Å². The quantitative estimate of drug-likeness (QED) is 0.566. The highest BCUT2D eigenvalue weighted by Gasteiger charge is 2.13. The van der Waals surface area contributed by atoms with Gasteiger partial charge < -0.3 is 14.9 Å². The van der Waals surface area contributed by atoms with Crippen molar-refractivity contribution in [2.24, 2.45) is 0 Å². The highest BCUT2D eigenvalue weighted by atomic mass is 16.1. The van der Waals surface area contributed by atoms with Gasteiger partial charge >= 0.3 is 0 Å². The molecule has 0 bridgehead atoms. The van der Waals surface area contributed by atoms with Gasteiger partial charge in [-0.3, -0.25) is 4.79 Å². The Morgan fingerprint density at radius 3 is 2.63 bits per heavy atom. The first-order valence-electron chi connectivity index (χ1n) is 9.01. The predicted molar refractivity (Wildman–Crippen MR) is 107 cm³/mol. The number of rotatable bonds is 4. The second-order valence-electron chi connectivity index (χ2n) is 6.89. The summed E-state index contributed by atoms with van der Waals surface area (Å²) < 4.78 is 1.95. The monoisotopic (exact) mass is 358 g/mol. The number of carbonyl (C=O) groups excluding carboxylic acids is 1. The SMILES string of the molecule is Cc1[nH]c2ccc(C(=O)NC(C)c3ccc(-n4ccnc4)cc3)cc2c1C. The average molecular weight is 358 g/mol. The van der Waals surface area contributed by atoms with E-state index in [1.165, 1.54) is 5.56 Å². The third-order valence-corrected chi connectivity index (χ3v) is 5.11. The summed E-state index contributed by atoms with van der Waals surface area (Å²) in [6, 6.07) is 13.8. The first-order valence-corrected chi connectivity index (χ1v) is 9.01. The van der Waals surface area contributed by atoms with E-state index in [1.54, 1.807) is 12.5 Å². The summed E-state index contributed by atoms with van der Waals surface area (Å²) in [6.07, 6.45) is 5.42. The topological polar surface area (TPSA) is 62.7 Å². The lowest BCUT2D eigenvalue weighted by atomic mass is 10.1. The minimum absolute atomic E-state index is 0.0682. The average Bonchev–Trinajstić information content (AvgIpc) is 3.31. The predicted octanol–water partition coefficient (Wildman–Crippen LogP) is 4.46. The van der Waals surface area contributed by atoms with Crippen molar-refractivity contribution < 1.29 is 4.79 Å². The van der Waals surface area contributed by atoms with E-state index in [-0.39, 0.29) is 11.9 Å². The van der Waals surface area contributed by atoms with Gasteiger partial charge in [-0.05, 0) is 62.2 Å². The lowest BCUT2D eigenvalue weighted by Crippen LogP contribution is -2.26.